The normalized spacial score (nSPS) is 10.7. The Morgan fingerprint density at radius 2 is 2.09 bits per heavy atom. The maximum atomic E-state index is 12.1. The molecule has 1 amide bonds. The molecule has 0 spiro atoms. The molecule has 3 aromatic rings. The van der Waals surface area contributed by atoms with Crippen LogP contribution in [-0.2, 0) is 17.8 Å². The van der Waals surface area contributed by atoms with E-state index in [-0.39, 0.29) is 18.9 Å². The third-order valence-electron chi connectivity index (χ3n) is 3.54. The van der Waals surface area contributed by atoms with E-state index in [1.807, 2.05) is 6.92 Å². The number of nitrogens with zero attached hydrogens (tertiary/aromatic N) is 3. The molecule has 3 heterocycles. The van der Waals surface area contributed by atoms with E-state index < -0.39 is 0 Å². The van der Waals surface area contributed by atoms with Gasteiger partial charge >= 0.3 is 0 Å². The van der Waals surface area contributed by atoms with Crippen molar-refractivity contribution in [2.75, 3.05) is 0 Å². The maximum Gasteiger partial charge on any atom is 0.224 e. The molecule has 0 saturated heterocycles. The van der Waals surface area contributed by atoms with Crippen LogP contribution in [0.15, 0.2) is 39.9 Å². The highest BCUT2D eigenvalue weighted by molar-refractivity contribution is 5.79. The summed E-state index contributed by atoms with van der Waals surface area (Å²) in [5, 5.41) is 6.70. The lowest BCUT2D eigenvalue weighted by molar-refractivity contribution is -0.120. The summed E-state index contributed by atoms with van der Waals surface area (Å²) in [6.45, 7) is 3.90. The topological polar surface area (TPSA) is 94.1 Å². The highest BCUT2D eigenvalue weighted by atomic mass is 16.5. The summed E-state index contributed by atoms with van der Waals surface area (Å²) in [4.78, 5) is 20.7. The van der Waals surface area contributed by atoms with Crippen LogP contribution in [0, 0.1) is 13.8 Å². The van der Waals surface area contributed by atoms with E-state index in [1.54, 1.807) is 37.9 Å². The van der Waals surface area contributed by atoms with Crippen LogP contribution in [0.3, 0.4) is 0 Å². The monoisotopic (exact) mass is 312 g/mol. The molecule has 0 radical (unpaired) electrons. The number of carbonyl (C=O) groups is 1. The molecule has 0 bridgehead atoms. The summed E-state index contributed by atoms with van der Waals surface area (Å²) < 4.78 is 10.1. The number of hydrogen-bond acceptors (Lipinski definition) is 6. The van der Waals surface area contributed by atoms with E-state index >= 15 is 0 Å². The molecule has 7 nitrogen and oxygen atoms in total. The maximum absolute atomic E-state index is 12.1. The number of amides is 1. The van der Waals surface area contributed by atoms with Crippen molar-refractivity contribution in [2.45, 2.75) is 26.8 Å². The van der Waals surface area contributed by atoms with Crippen molar-refractivity contribution in [1.29, 1.82) is 0 Å². The van der Waals surface area contributed by atoms with E-state index in [2.05, 4.69) is 20.4 Å². The molecule has 0 fully saturated rings. The van der Waals surface area contributed by atoms with Crippen molar-refractivity contribution in [3.8, 4) is 11.3 Å². The Kier molecular flexibility index (Phi) is 4.18. The number of rotatable bonds is 5. The summed E-state index contributed by atoms with van der Waals surface area (Å²) in [5.74, 6) is 0.541. The van der Waals surface area contributed by atoms with Gasteiger partial charge in [0.2, 0.25) is 5.91 Å². The smallest absolute Gasteiger partial charge is 0.224 e. The van der Waals surface area contributed by atoms with Crippen molar-refractivity contribution in [3.63, 3.8) is 0 Å². The van der Waals surface area contributed by atoms with Gasteiger partial charge in [0.15, 0.2) is 0 Å². The Hall–Kier alpha value is -2.96. The van der Waals surface area contributed by atoms with Gasteiger partial charge in [-0.25, -0.2) is 0 Å². The first-order valence-corrected chi connectivity index (χ1v) is 7.16. The molecular formula is C16H16N4O3. The predicted molar refractivity (Wildman–Crippen MR) is 81.3 cm³/mol. The number of carbonyl (C=O) groups excluding carboxylic acids is 1. The summed E-state index contributed by atoms with van der Waals surface area (Å²) in [7, 11) is 0. The molecule has 1 N–H and O–H groups in total. The molecule has 0 aliphatic heterocycles. The quantitative estimate of drug-likeness (QED) is 0.776. The largest absolute Gasteiger partial charge is 0.472 e. The molecule has 7 heteroatoms. The van der Waals surface area contributed by atoms with Gasteiger partial charge in [-0.2, -0.15) is 0 Å². The van der Waals surface area contributed by atoms with Crippen molar-refractivity contribution in [1.82, 2.24) is 20.4 Å². The van der Waals surface area contributed by atoms with E-state index in [1.165, 1.54) is 0 Å². The minimum Gasteiger partial charge on any atom is -0.472 e. The first-order valence-electron chi connectivity index (χ1n) is 7.16. The summed E-state index contributed by atoms with van der Waals surface area (Å²) in [6.07, 6.45) is 6.60. The minimum atomic E-state index is -0.122. The number of aromatic nitrogens is 3. The van der Waals surface area contributed by atoms with E-state index in [4.69, 9.17) is 8.94 Å². The number of aryl methyl sites for hydroxylation is 2. The second-order valence-corrected chi connectivity index (χ2v) is 5.12. The molecule has 3 aromatic heterocycles. The van der Waals surface area contributed by atoms with Crippen molar-refractivity contribution in [3.05, 3.63) is 53.7 Å². The average Bonchev–Trinajstić information content (AvgIpc) is 3.19. The predicted octanol–water partition coefficient (Wildman–Crippen LogP) is 2.20. The molecule has 118 valence electrons. The van der Waals surface area contributed by atoms with Crippen LogP contribution in [0.1, 0.15) is 22.7 Å². The van der Waals surface area contributed by atoms with Crippen LogP contribution in [0.4, 0.5) is 0 Å². The number of nitrogens with one attached hydrogen (secondary N) is 1. The Morgan fingerprint density at radius 1 is 1.26 bits per heavy atom. The molecule has 3 rings (SSSR count). The summed E-state index contributed by atoms with van der Waals surface area (Å²) >= 11 is 0. The van der Waals surface area contributed by atoms with Crippen molar-refractivity contribution < 1.29 is 13.7 Å². The molecular weight excluding hydrogens is 296 g/mol. The second-order valence-electron chi connectivity index (χ2n) is 5.12. The van der Waals surface area contributed by atoms with Crippen LogP contribution in [-0.4, -0.2) is 21.0 Å². The van der Waals surface area contributed by atoms with Gasteiger partial charge in [-0.05, 0) is 19.9 Å². The Bertz CT molecular complexity index is 789. The van der Waals surface area contributed by atoms with E-state index in [0.29, 0.717) is 17.1 Å². The minimum absolute atomic E-state index is 0.122. The fraction of sp³-hybridized carbons (Fsp3) is 0.250. The highest BCUT2D eigenvalue weighted by Crippen LogP contribution is 2.20. The third-order valence-corrected chi connectivity index (χ3v) is 3.54. The highest BCUT2D eigenvalue weighted by Gasteiger charge is 2.15. The Balaban J connectivity index is 1.68. The van der Waals surface area contributed by atoms with Gasteiger partial charge < -0.3 is 14.3 Å². The first-order chi connectivity index (χ1) is 11.1. The van der Waals surface area contributed by atoms with Crippen molar-refractivity contribution >= 4 is 5.91 Å². The van der Waals surface area contributed by atoms with Crippen LogP contribution in [0.25, 0.3) is 11.3 Å². The molecule has 0 aromatic carbocycles. The lowest BCUT2D eigenvalue weighted by Crippen LogP contribution is -2.25. The van der Waals surface area contributed by atoms with Crippen LogP contribution in [0.5, 0.6) is 0 Å². The molecule has 0 aliphatic rings. The zero-order valence-electron chi connectivity index (χ0n) is 12.9. The van der Waals surface area contributed by atoms with Gasteiger partial charge in [0.05, 0.1) is 42.6 Å². The zero-order valence-corrected chi connectivity index (χ0v) is 12.9. The van der Waals surface area contributed by atoms with Gasteiger partial charge in [-0.3, -0.25) is 14.8 Å². The second kappa shape index (κ2) is 6.43. The molecule has 0 aliphatic carbocycles. The van der Waals surface area contributed by atoms with Gasteiger partial charge in [-0.1, -0.05) is 5.16 Å². The van der Waals surface area contributed by atoms with Gasteiger partial charge in [0.1, 0.15) is 5.76 Å². The fourth-order valence-corrected chi connectivity index (χ4v) is 2.30. The molecule has 23 heavy (non-hydrogen) atoms. The molecule has 0 unspecified atom stereocenters. The number of furan rings is 1. The zero-order chi connectivity index (χ0) is 16.2. The molecule has 0 atom stereocenters. The van der Waals surface area contributed by atoms with Gasteiger partial charge in [-0.15, -0.1) is 0 Å². The summed E-state index contributed by atoms with van der Waals surface area (Å²) in [5.41, 5.74) is 3.75. The fourth-order valence-electron chi connectivity index (χ4n) is 2.30. The SMILES string of the molecule is Cc1noc(C)c1CC(=O)NCc1nccnc1-c1ccoc1. The van der Waals surface area contributed by atoms with E-state index in [0.717, 1.165) is 16.8 Å². The average molecular weight is 312 g/mol. The van der Waals surface area contributed by atoms with Crippen LogP contribution < -0.4 is 5.32 Å². The lowest BCUT2D eigenvalue weighted by Gasteiger charge is -2.07. The molecule has 0 saturated carbocycles. The first kappa shape index (κ1) is 15.0. The van der Waals surface area contributed by atoms with E-state index in [9.17, 15) is 4.79 Å². The summed E-state index contributed by atoms with van der Waals surface area (Å²) in [6, 6.07) is 1.80. The lowest BCUT2D eigenvalue weighted by atomic mass is 10.1. The van der Waals surface area contributed by atoms with Gasteiger partial charge in [0, 0.05) is 23.5 Å². The third kappa shape index (κ3) is 3.28. The standard InChI is InChI=1S/C16H16N4O3/c1-10-13(11(2)23-20-10)7-15(21)19-8-14-16(18-5-4-17-14)12-3-6-22-9-12/h3-6,9H,7-8H2,1-2H3,(H,19,21). The van der Waals surface area contributed by atoms with Crippen LogP contribution >= 0.6 is 0 Å². The Morgan fingerprint density at radius 3 is 2.78 bits per heavy atom. The number of hydrogen-bond donors (Lipinski definition) is 1. The van der Waals surface area contributed by atoms with Gasteiger partial charge in [0.25, 0.3) is 0 Å². The van der Waals surface area contributed by atoms with Crippen LogP contribution in [0.2, 0.25) is 0 Å². The van der Waals surface area contributed by atoms with Crippen molar-refractivity contribution in [2.24, 2.45) is 0 Å². The Labute approximate surface area is 132 Å².